The topological polar surface area (TPSA) is 119 Å². The number of nitrogens with two attached hydrogens (primary N) is 1. The number of rotatable bonds is 5. The summed E-state index contributed by atoms with van der Waals surface area (Å²) >= 11 is 0. The van der Waals surface area contributed by atoms with Crippen LogP contribution in [0.25, 0.3) is 16.8 Å². The highest BCUT2D eigenvalue weighted by atomic mass is 16.2. The van der Waals surface area contributed by atoms with Crippen LogP contribution < -0.4 is 11.1 Å². The highest BCUT2D eigenvalue weighted by Crippen LogP contribution is 2.53. The van der Waals surface area contributed by atoms with Gasteiger partial charge in [0.2, 0.25) is 5.91 Å². The maximum Gasteiger partial charge on any atom is 0.256 e. The average Bonchev–Trinajstić information content (AvgIpc) is 3.37. The van der Waals surface area contributed by atoms with Crippen molar-refractivity contribution in [3.8, 4) is 11.3 Å². The molecule has 1 aliphatic heterocycles. The van der Waals surface area contributed by atoms with E-state index in [0.717, 1.165) is 24.2 Å². The van der Waals surface area contributed by atoms with Crippen LogP contribution in [0.4, 0.5) is 11.6 Å². The van der Waals surface area contributed by atoms with Gasteiger partial charge in [-0.05, 0) is 49.1 Å². The summed E-state index contributed by atoms with van der Waals surface area (Å²) in [6, 6.07) is 12.6. The maximum absolute atomic E-state index is 12.6. The Bertz CT molecular complexity index is 1460. The quantitative estimate of drug-likeness (QED) is 0.436. The lowest BCUT2D eigenvalue weighted by Gasteiger charge is -2.25. The van der Waals surface area contributed by atoms with Gasteiger partial charge in [0.25, 0.3) is 5.91 Å². The lowest BCUT2D eigenvalue weighted by atomic mass is 10.1. The Labute approximate surface area is 201 Å². The second-order valence-electron chi connectivity index (χ2n) is 8.86. The molecule has 9 nitrogen and oxygen atoms in total. The van der Waals surface area contributed by atoms with Crippen LogP contribution in [-0.4, -0.2) is 42.1 Å². The van der Waals surface area contributed by atoms with Crippen LogP contribution in [0.5, 0.6) is 0 Å². The molecule has 3 aromatic heterocycles. The summed E-state index contributed by atoms with van der Waals surface area (Å²) in [6.07, 6.45) is 8.34. The Morgan fingerprint density at radius 1 is 1.09 bits per heavy atom. The van der Waals surface area contributed by atoms with Gasteiger partial charge in [-0.1, -0.05) is 24.8 Å². The summed E-state index contributed by atoms with van der Waals surface area (Å²) in [5, 5.41) is 2.78. The van der Waals surface area contributed by atoms with Crippen LogP contribution in [0.1, 0.15) is 35.1 Å². The van der Waals surface area contributed by atoms with E-state index in [2.05, 4.69) is 21.9 Å². The van der Waals surface area contributed by atoms with E-state index in [0.29, 0.717) is 34.3 Å². The zero-order valence-electron chi connectivity index (χ0n) is 18.8. The van der Waals surface area contributed by atoms with E-state index in [-0.39, 0.29) is 23.9 Å². The van der Waals surface area contributed by atoms with Gasteiger partial charge >= 0.3 is 0 Å². The molecule has 3 N–H and O–H groups in total. The van der Waals surface area contributed by atoms with Crippen LogP contribution in [-0.2, 0) is 4.79 Å². The van der Waals surface area contributed by atoms with Crippen molar-refractivity contribution in [2.75, 3.05) is 11.1 Å². The van der Waals surface area contributed by atoms with Gasteiger partial charge in [-0.2, -0.15) is 0 Å². The SMILES string of the molecule is C=CC(=O)N1C(c2nc(-c3ccc(C(=O)Nc4ccccn4)cc3)c3c(N)nccn23)CC2CC21. The number of nitrogens with zero attached hydrogens (tertiary/aromatic N) is 5. The number of imidazole rings is 1. The van der Waals surface area contributed by atoms with E-state index in [1.807, 2.05) is 33.7 Å². The second-order valence-corrected chi connectivity index (χ2v) is 8.86. The summed E-state index contributed by atoms with van der Waals surface area (Å²) in [7, 11) is 0. The van der Waals surface area contributed by atoms with Crippen LogP contribution in [0.2, 0.25) is 0 Å². The van der Waals surface area contributed by atoms with Gasteiger partial charge in [-0.25, -0.2) is 15.0 Å². The van der Waals surface area contributed by atoms with Gasteiger partial charge in [0.1, 0.15) is 28.7 Å². The normalized spacial score (nSPS) is 20.5. The molecule has 2 fully saturated rings. The molecule has 174 valence electrons. The third-order valence-electron chi connectivity index (χ3n) is 6.77. The number of nitrogen functional groups attached to an aromatic ring is 1. The Morgan fingerprint density at radius 2 is 1.91 bits per heavy atom. The van der Waals surface area contributed by atoms with Crippen molar-refractivity contribution in [3.63, 3.8) is 0 Å². The Morgan fingerprint density at radius 3 is 2.66 bits per heavy atom. The number of benzene rings is 1. The predicted molar refractivity (Wildman–Crippen MR) is 131 cm³/mol. The van der Waals surface area contributed by atoms with Crippen molar-refractivity contribution in [1.29, 1.82) is 0 Å². The molecule has 9 heteroatoms. The number of hydrogen-bond acceptors (Lipinski definition) is 6. The molecule has 6 rings (SSSR count). The van der Waals surface area contributed by atoms with Crippen LogP contribution in [0.3, 0.4) is 0 Å². The van der Waals surface area contributed by atoms with Gasteiger partial charge in [-0.15, -0.1) is 0 Å². The summed E-state index contributed by atoms with van der Waals surface area (Å²) in [5.74, 6) is 1.75. The standard InChI is InChI=1S/C26H23N7O2/c1-2-21(34)33-18-13-17(18)14-19(33)25-31-22(23-24(27)29-11-12-32(23)25)15-6-8-16(9-7-15)26(35)30-20-5-3-4-10-28-20/h2-12,17-19H,1,13-14H2,(H2,27,29)(H,28,30,35). The maximum atomic E-state index is 12.6. The molecule has 3 atom stereocenters. The number of nitrogens with one attached hydrogen (secondary N) is 1. The summed E-state index contributed by atoms with van der Waals surface area (Å²) in [4.78, 5) is 40.5. The fraction of sp³-hybridized carbons (Fsp3) is 0.192. The Hall–Kier alpha value is -4.53. The number of likely N-dealkylation sites (tertiary alicyclic amines) is 1. The highest BCUT2D eigenvalue weighted by Gasteiger charge is 2.55. The lowest BCUT2D eigenvalue weighted by Crippen LogP contribution is -2.33. The van der Waals surface area contributed by atoms with Gasteiger partial charge < -0.3 is 16.0 Å². The smallest absolute Gasteiger partial charge is 0.256 e. The summed E-state index contributed by atoms with van der Waals surface area (Å²) in [5.41, 5.74) is 8.92. The van der Waals surface area contributed by atoms with Crippen LogP contribution in [0, 0.1) is 5.92 Å². The minimum Gasteiger partial charge on any atom is -0.382 e. The number of carbonyl (C=O) groups excluding carboxylic acids is 2. The van der Waals surface area contributed by atoms with E-state index < -0.39 is 0 Å². The zero-order chi connectivity index (χ0) is 24.1. The van der Waals surface area contributed by atoms with Gasteiger partial charge in [0.15, 0.2) is 0 Å². The molecule has 1 saturated heterocycles. The van der Waals surface area contributed by atoms with E-state index in [9.17, 15) is 9.59 Å². The molecule has 2 aliphatic rings. The number of piperidine rings is 1. The van der Waals surface area contributed by atoms with E-state index in [4.69, 9.17) is 10.7 Å². The minimum absolute atomic E-state index is 0.0800. The number of anilines is 2. The van der Waals surface area contributed by atoms with Crippen LogP contribution in [0.15, 0.2) is 73.7 Å². The van der Waals surface area contributed by atoms with Crippen molar-refractivity contribution in [2.24, 2.45) is 5.92 Å². The first-order valence-corrected chi connectivity index (χ1v) is 11.4. The summed E-state index contributed by atoms with van der Waals surface area (Å²) < 4.78 is 1.93. The number of hydrogen-bond donors (Lipinski definition) is 2. The number of fused-ring (bicyclic) bond motifs is 2. The van der Waals surface area contributed by atoms with Crippen molar-refractivity contribution in [2.45, 2.75) is 24.9 Å². The molecule has 2 amide bonds. The largest absolute Gasteiger partial charge is 0.382 e. The van der Waals surface area contributed by atoms with Crippen molar-refractivity contribution in [3.05, 3.63) is 85.1 Å². The lowest BCUT2D eigenvalue weighted by molar-refractivity contribution is -0.128. The molecular weight excluding hydrogens is 442 g/mol. The molecule has 3 unspecified atom stereocenters. The molecule has 35 heavy (non-hydrogen) atoms. The molecule has 0 bridgehead atoms. The van der Waals surface area contributed by atoms with Gasteiger partial charge in [0, 0.05) is 35.8 Å². The molecule has 4 heterocycles. The second kappa shape index (κ2) is 8.05. The fourth-order valence-corrected chi connectivity index (χ4v) is 5.04. The van der Waals surface area contributed by atoms with Crippen molar-refractivity contribution < 1.29 is 9.59 Å². The molecule has 1 saturated carbocycles. The van der Waals surface area contributed by atoms with Crippen molar-refractivity contribution in [1.82, 2.24) is 24.3 Å². The first kappa shape index (κ1) is 21.0. The fourth-order valence-electron chi connectivity index (χ4n) is 5.04. The number of amides is 2. The highest BCUT2D eigenvalue weighted by molar-refractivity contribution is 6.04. The first-order valence-electron chi connectivity index (χ1n) is 11.4. The van der Waals surface area contributed by atoms with Crippen LogP contribution >= 0.6 is 0 Å². The number of pyridine rings is 1. The minimum atomic E-state index is -0.254. The van der Waals surface area contributed by atoms with E-state index in [1.54, 1.807) is 36.7 Å². The third-order valence-corrected chi connectivity index (χ3v) is 6.77. The van der Waals surface area contributed by atoms with Crippen molar-refractivity contribution >= 4 is 29.0 Å². The summed E-state index contributed by atoms with van der Waals surface area (Å²) in [6.45, 7) is 3.68. The molecule has 0 spiro atoms. The monoisotopic (exact) mass is 465 g/mol. The Balaban J connectivity index is 1.36. The van der Waals surface area contributed by atoms with E-state index in [1.165, 1.54) is 6.08 Å². The molecule has 1 aromatic carbocycles. The molecule has 4 aromatic rings. The van der Waals surface area contributed by atoms with Gasteiger partial charge in [-0.3, -0.25) is 14.0 Å². The molecule has 0 radical (unpaired) electrons. The Kier molecular flexibility index (Phi) is 4.84. The molecular formula is C26H23N7O2. The first-order chi connectivity index (χ1) is 17.0. The van der Waals surface area contributed by atoms with Gasteiger partial charge in [0.05, 0.1) is 6.04 Å². The number of carbonyl (C=O) groups is 2. The average molecular weight is 466 g/mol. The number of aromatic nitrogens is 4. The third kappa shape index (κ3) is 3.52. The zero-order valence-corrected chi connectivity index (χ0v) is 18.8. The molecule has 1 aliphatic carbocycles. The predicted octanol–water partition coefficient (Wildman–Crippen LogP) is 3.47. The van der Waals surface area contributed by atoms with E-state index >= 15 is 0 Å².